The Morgan fingerprint density at radius 1 is 0.750 bits per heavy atom. The molecule has 2 N–H and O–H groups in total. The number of Topliss-reactive ketones (excluding diaryl/α,β-unsaturated/α-hetero) is 1. The Kier molecular flexibility index (Phi) is 8.22. The molecule has 0 spiro atoms. The van der Waals surface area contributed by atoms with Gasteiger partial charge in [0.15, 0.2) is 5.78 Å². The number of unbranched alkanes of at least 4 members (excludes halogenated alkanes) is 2. The van der Waals surface area contributed by atoms with Crippen molar-refractivity contribution >= 4 is 5.78 Å². The third-order valence-electron chi connectivity index (χ3n) is 3.72. The summed E-state index contributed by atoms with van der Waals surface area (Å²) in [6, 6.07) is 0. The Morgan fingerprint density at radius 3 is 1.25 bits per heavy atom. The fourth-order valence-electron chi connectivity index (χ4n) is 2.60. The number of rotatable bonds is 10. The van der Waals surface area contributed by atoms with E-state index in [1.807, 2.05) is 0 Å². The summed E-state index contributed by atoms with van der Waals surface area (Å²) < 4.78 is 76.2. The maximum atomic E-state index is 12.7. The Labute approximate surface area is 137 Å². The lowest BCUT2D eigenvalue weighted by atomic mass is 9.76. The average molecular weight is 366 g/mol. The predicted molar refractivity (Wildman–Crippen MR) is 75.3 cm³/mol. The Morgan fingerprint density at radius 2 is 1.04 bits per heavy atom. The average Bonchev–Trinajstić information content (AvgIpc) is 2.38. The lowest BCUT2D eigenvalue weighted by molar-refractivity contribution is -0.209. The second kappa shape index (κ2) is 8.51. The molecule has 0 saturated heterocycles. The first-order valence-electron chi connectivity index (χ1n) is 7.82. The second-order valence-electron chi connectivity index (χ2n) is 6.18. The van der Waals surface area contributed by atoms with Gasteiger partial charge >= 0.3 is 12.4 Å². The van der Waals surface area contributed by atoms with Crippen LogP contribution in [-0.2, 0) is 4.79 Å². The molecule has 0 aliphatic rings. The Hall–Kier alpha value is -0.830. The lowest BCUT2D eigenvalue weighted by Gasteiger charge is -2.37. The van der Waals surface area contributed by atoms with Gasteiger partial charge in [0, 0.05) is 0 Å². The summed E-state index contributed by atoms with van der Waals surface area (Å²) in [5.41, 5.74) is -6.13. The van der Waals surface area contributed by atoms with E-state index in [0.717, 1.165) is 0 Å². The molecule has 0 aromatic carbocycles. The van der Waals surface area contributed by atoms with Crippen LogP contribution in [0.15, 0.2) is 0 Å². The van der Waals surface area contributed by atoms with Crippen LogP contribution in [0.1, 0.15) is 65.2 Å². The van der Waals surface area contributed by atoms with Crippen LogP contribution in [0.2, 0.25) is 0 Å². The van der Waals surface area contributed by atoms with E-state index in [4.69, 9.17) is 0 Å². The van der Waals surface area contributed by atoms with Crippen LogP contribution in [-0.4, -0.2) is 39.6 Å². The molecule has 2 unspecified atom stereocenters. The molecule has 0 aromatic rings. The van der Waals surface area contributed by atoms with Crippen molar-refractivity contribution in [3.63, 3.8) is 0 Å². The first-order valence-corrected chi connectivity index (χ1v) is 7.82. The molecule has 3 nitrogen and oxygen atoms in total. The van der Waals surface area contributed by atoms with Gasteiger partial charge in [0.25, 0.3) is 0 Å². The summed E-state index contributed by atoms with van der Waals surface area (Å²) in [4.78, 5) is 12.4. The van der Waals surface area contributed by atoms with Crippen molar-refractivity contribution in [2.75, 3.05) is 0 Å². The molecule has 0 bridgehead atoms. The SMILES string of the molecule is CCCCC(O)(CC(F)(F)F)C(=O)C(O)(CCCC)CC(F)(F)F. The Balaban J connectivity index is 5.70. The van der Waals surface area contributed by atoms with Crippen molar-refractivity contribution in [3.05, 3.63) is 0 Å². The van der Waals surface area contributed by atoms with Gasteiger partial charge in [-0.3, -0.25) is 4.79 Å². The predicted octanol–water partition coefficient (Wildman–Crippen LogP) is 4.30. The highest BCUT2D eigenvalue weighted by Gasteiger charge is 2.55. The summed E-state index contributed by atoms with van der Waals surface area (Å²) in [5.74, 6) is -1.80. The third kappa shape index (κ3) is 7.83. The normalized spacial score (nSPS) is 18.1. The second-order valence-corrected chi connectivity index (χ2v) is 6.18. The molecule has 24 heavy (non-hydrogen) atoms. The minimum atomic E-state index is -4.96. The number of ketones is 1. The van der Waals surface area contributed by atoms with Gasteiger partial charge in [0.1, 0.15) is 11.2 Å². The van der Waals surface area contributed by atoms with Crippen molar-refractivity contribution < 1.29 is 41.4 Å². The molecule has 0 radical (unpaired) electrons. The molecule has 0 saturated carbocycles. The smallest absolute Gasteiger partial charge is 0.382 e. The molecule has 2 atom stereocenters. The minimum Gasteiger partial charge on any atom is -0.382 e. The summed E-state index contributed by atoms with van der Waals surface area (Å²) in [6.07, 6.45) is -14.5. The van der Waals surface area contributed by atoms with E-state index in [0.29, 0.717) is 12.8 Å². The standard InChI is InChI=1S/C15H24F6O3/c1-3-5-7-12(23,9-14(16,17)18)11(22)13(24,8-6-4-2)10-15(19,20)21/h23-24H,3-10H2,1-2H3. The number of hydrogen-bond donors (Lipinski definition) is 2. The zero-order chi connectivity index (χ0) is 19.2. The fraction of sp³-hybridized carbons (Fsp3) is 0.933. The molecule has 0 fully saturated rings. The number of carbonyl (C=O) groups is 1. The first kappa shape index (κ1) is 23.2. The summed E-state index contributed by atoms with van der Waals surface area (Å²) in [7, 11) is 0. The van der Waals surface area contributed by atoms with E-state index < -0.39 is 55.0 Å². The highest BCUT2D eigenvalue weighted by atomic mass is 19.4. The van der Waals surface area contributed by atoms with Crippen LogP contribution in [0.5, 0.6) is 0 Å². The number of carbonyl (C=O) groups excluding carboxylic acids is 1. The first-order chi connectivity index (χ1) is 10.7. The van der Waals surface area contributed by atoms with E-state index in [-0.39, 0.29) is 12.8 Å². The van der Waals surface area contributed by atoms with Crippen LogP contribution in [0.4, 0.5) is 26.3 Å². The maximum Gasteiger partial charge on any atom is 0.392 e. The van der Waals surface area contributed by atoms with Gasteiger partial charge in [-0.2, -0.15) is 26.3 Å². The number of aliphatic hydroxyl groups is 2. The quantitative estimate of drug-likeness (QED) is 0.567. The molecule has 0 aliphatic carbocycles. The molecule has 0 heterocycles. The number of hydrogen-bond acceptors (Lipinski definition) is 3. The molecule has 0 amide bonds. The van der Waals surface area contributed by atoms with Crippen LogP contribution < -0.4 is 0 Å². The lowest BCUT2D eigenvalue weighted by Crippen LogP contribution is -2.56. The molecular weight excluding hydrogens is 342 g/mol. The van der Waals surface area contributed by atoms with Crippen LogP contribution in [0.25, 0.3) is 0 Å². The maximum absolute atomic E-state index is 12.7. The van der Waals surface area contributed by atoms with Crippen LogP contribution in [0, 0.1) is 0 Å². The third-order valence-corrected chi connectivity index (χ3v) is 3.72. The molecular formula is C15H24F6O3. The minimum absolute atomic E-state index is 0.00813. The van der Waals surface area contributed by atoms with Gasteiger partial charge < -0.3 is 10.2 Å². The molecule has 0 rings (SSSR count). The van der Waals surface area contributed by atoms with Gasteiger partial charge in [-0.15, -0.1) is 0 Å². The van der Waals surface area contributed by atoms with E-state index in [2.05, 4.69) is 0 Å². The van der Waals surface area contributed by atoms with Crippen LogP contribution in [0.3, 0.4) is 0 Å². The van der Waals surface area contributed by atoms with Gasteiger partial charge in [-0.25, -0.2) is 0 Å². The molecule has 9 heteroatoms. The van der Waals surface area contributed by atoms with E-state index in [9.17, 15) is 41.4 Å². The van der Waals surface area contributed by atoms with E-state index in [1.54, 1.807) is 13.8 Å². The van der Waals surface area contributed by atoms with Crippen molar-refractivity contribution in [1.29, 1.82) is 0 Å². The van der Waals surface area contributed by atoms with Crippen LogP contribution >= 0.6 is 0 Å². The monoisotopic (exact) mass is 366 g/mol. The summed E-state index contributed by atoms with van der Waals surface area (Å²) >= 11 is 0. The fourth-order valence-corrected chi connectivity index (χ4v) is 2.60. The largest absolute Gasteiger partial charge is 0.392 e. The van der Waals surface area contributed by atoms with Crippen molar-refractivity contribution in [3.8, 4) is 0 Å². The van der Waals surface area contributed by atoms with E-state index >= 15 is 0 Å². The van der Waals surface area contributed by atoms with Crippen molar-refractivity contribution in [1.82, 2.24) is 0 Å². The number of halogens is 6. The highest BCUT2D eigenvalue weighted by Crippen LogP contribution is 2.39. The molecule has 0 aliphatic heterocycles. The zero-order valence-electron chi connectivity index (χ0n) is 13.7. The van der Waals surface area contributed by atoms with Gasteiger partial charge in [0.2, 0.25) is 0 Å². The summed E-state index contributed by atoms with van der Waals surface area (Å²) in [5, 5.41) is 20.4. The van der Waals surface area contributed by atoms with Crippen molar-refractivity contribution in [2.24, 2.45) is 0 Å². The Bertz CT molecular complexity index is 371. The van der Waals surface area contributed by atoms with Gasteiger partial charge in [-0.1, -0.05) is 39.5 Å². The highest BCUT2D eigenvalue weighted by molar-refractivity contribution is 5.94. The topological polar surface area (TPSA) is 57.5 Å². The van der Waals surface area contributed by atoms with E-state index in [1.165, 1.54) is 0 Å². The zero-order valence-corrected chi connectivity index (χ0v) is 13.7. The number of alkyl halides is 6. The molecule has 144 valence electrons. The van der Waals surface area contributed by atoms with Gasteiger partial charge in [0.05, 0.1) is 12.8 Å². The molecule has 0 aromatic heterocycles. The van der Waals surface area contributed by atoms with Crippen molar-refractivity contribution in [2.45, 2.75) is 88.8 Å². The summed E-state index contributed by atoms with van der Waals surface area (Å²) in [6.45, 7) is 3.19. The van der Waals surface area contributed by atoms with Gasteiger partial charge in [-0.05, 0) is 12.8 Å².